The Morgan fingerprint density at radius 3 is 1.03 bits per heavy atom. The van der Waals surface area contributed by atoms with Crippen LogP contribution in [0.15, 0.2) is 0 Å². The predicted molar refractivity (Wildman–Crippen MR) is 144 cm³/mol. The van der Waals surface area contributed by atoms with E-state index < -0.39 is 5.97 Å². The van der Waals surface area contributed by atoms with Crippen molar-refractivity contribution in [2.24, 2.45) is 0 Å². The quantitative estimate of drug-likeness (QED) is 0.137. The zero-order valence-electron chi connectivity index (χ0n) is 23.3. The molecule has 0 aromatic carbocycles. The van der Waals surface area contributed by atoms with Gasteiger partial charge < -0.3 is 15.6 Å². The maximum absolute atomic E-state index is 9.65. The van der Waals surface area contributed by atoms with E-state index in [1.165, 1.54) is 141 Å². The first kappa shape index (κ1) is 34.6. The second kappa shape index (κ2) is 31.4. The summed E-state index contributed by atoms with van der Waals surface area (Å²) in [7, 11) is 0. The molecule has 0 unspecified atom stereocenters. The molecule has 33 heavy (non-hydrogen) atoms. The van der Waals surface area contributed by atoms with Gasteiger partial charge in [0.2, 0.25) is 0 Å². The van der Waals surface area contributed by atoms with Gasteiger partial charge in [-0.15, -0.1) is 0 Å². The van der Waals surface area contributed by atoms with Gasteiger partial charge in [-0.25, -0.2) is 0 Å². The standard InChI is InChI=1S/C25H53N.C5H10O2/c1-3-5-7-9-11-13-15-17-19-21-23-25(26)24-22-20-18-16-14-12-10-8-6-4-2;1-2-3-4-5(6)7/h25H,3-24,26H2,1-2H3;2-4H2,1H3,(H,6,7). The number of unbranched alkanes of at least 4 members (excludes halogenated alkanes) is 19. The van der Waals surface area contributed by atoms with E-state index in [4.69, 9.17) is 0 Å². The van der Waals surface area contributed by atoms with Crippen molar-refractivity contribution in [3.8, 4) is 0 Å². The van der Waals surface area contributed by atoms with Crippen molar-refractivity contribution in [1.29, 1.82) is 0 Å². The normalized spacial score (nSPS) is 10.9. The van der Waals surface area contributed by atoms with E-state index in [2.05, 4.69) is 19.6 Å². The molecule has 0 amide bonds. The van der Waals surface area contributed by atoms with Crippen LogP contribution >= 0.6 is 0 Å². The van der Waals surface area contributed by atoms with E-state index in [1.807, 2.05) is 6.92 Å². The molecular formula is C30H63NO2. The Bertz CT molecular complexity index is 335. The summed E-state index contributed by atoms with van der Waals surface area (Å²) in [4.78, 5) is 9.65. The van der Waals surface area contributed by atoms with E-state index in [1.54, 1.807) is 0 Å². The van der Waals surface area contributed by atoms with Crippen molar-refractivity contribution in [2.75, 3.05) is 0 Å². The molecule has 0 aliphatic rings. The fourth-order valence-corrected chi connectivity index (χ4v) is 4.31. The van der Waals surface area contributed by atoms with Gasteiger partial charge >= 0.3 is 0 Å². The minimum atomic E-state index is -0.943. The van der Waals surface area contributed by atoms with Crippen molar-refractivity contribution < 1.29 is 15.6 Å². The Morgan fingerprint density at radius 2 is 0.788 bits per heavy atom. The summed E-state index contributed by atoms with van der Waals surface area (Å²) in [5.74, 6) is -0.943. The molecule has 0 bridgehead atoms. The fraction of sp³-hybridized carbons (Fsp3) is 0.967. The molecule has 0 rings (SSSR count). The van der Waals surface area contributed by atoms with Gasteiger partial charge in [-0.2, -0.15) is 0 Å². The molecule has 200 valence electrons. The maximum atomic E-state index is 9.65. The highest BCUT2D eigenvalue weighted by molar-refractivity contribution is 5.63. The topological polar surface area (TPSA) is 67.8 Å². The summed E-state index contributed by atoms with van der Waals surface area (Å²) in [5.41, 5.74) is 4.39. The lowest BCUT2D eigenvalue weighted by Crippen LogP contribution is -2.60. The summed E-state index contributed by atoms with van der Waals surface area (Å²) in [6, 6.07) is 0.720. The number of carbonyl (C=O) groups is 1. The molecule has 0 aliphatic carbocycles. The third-order valence-electron chi connectivity index (χ3n) is 6.67. The third-order valence-corrected chi connectivity index (χ3v) is 6.67. The molecule has 0 saturated heterocycles. The summed E-state index contributed by atoms with van der Waals surface area (Å²) >= 11 is 0. The Hall–Kier alpha value is -0.570. The van der Waals surface area contributed by atoms with Gasteiger partial charge in [0.1, 0.15) is 0 Å². The van der Waals surface area contributed by atoms with Crippen LogP contribution in [0.1, 0.15) is 181 Å². The first-order chi connectivity index (χ1) is 16.1. The van der Waals surface area contributed by atoms with Gasteiger partial charge in [0.15, 0.2) is 0 Å². The van der Waals surface area contributed by atoms with Crippen LogP contribution < -0.4 is 10.8 Å². The number of quaternary nitrogens is 1. The summed E-state index contributed by atoms with van der Waals surface area (Å²) in [6.45, 7) is 6.54. The Labute approximate surface area is 209 Å². The van der Waals surface area contributed by atoms with Gasteiger partial charge in [0.05, 0.1) is 6.04 Å². The second-order valence-corrected chi connectivity index (χ2v) is 10.3. The minimum absolute atomic E-state index is 0.205. The lowest BCUT2D eigenvalue weighted by molar-refractivity contribution is -0.423. The van der Waals surface area contributed by atoms with Crippen LogP contribution in [0.25, 0.3) is 0 Å². The average Bonchev–Trinajstić information content (AvgIpc) is 2.80. The highest BCUT2D eigenvalue weighted by Crippen LogP contribution is 2.14. The minimum Gasteiger partial charge on any atom is -0.550 e. The third kappa shape index (κ3) is 36.2. The van der Waals surface area contributed by atoms with Gasteiger partial charge in [-0.1, -0.05) is 143 Å². The van der Waals surface area contributed by atoms with Gasteiger partial charge in [-0.3, -0.25) is 0 Å². The predicted octanol–water partition coefficient (Wildman–Crippen LogP) is 8.15. The zero-order chi connectivity index (χ0) is 24.8. The molecule has 0 atom stereocenters. The molecule has 0 spiro atoms. The van der Waals surface area contributed by atoms with Crippen LogP contribution in [0.5, 0.6) is 0 Å². The molecule has 0 aliphatic heterocycles. The van der Waals surface area contributed by atoms with E-state index in [-0.39, 0.29) is 6.42 Å². The van der Waals surface area contributed by atoms with Crippen molar-refractivity contribution >= 4 is 5.97 Å². The molecule has 0 heterocycles. The highest BCUT2D eigenvalue weighted by atomic mass is 16.4. The molecular weight excluding hydrogens is 406 g/mol. The molecule has 3 N–H and O–H groups in total. The smallest absolute Gasteiger partial charge is 0.0843 e. The van der Waals surface area contributed by atoms with Crippen LogP contribution in [0.3, 0.4) is 0 Å². The van der Waals surface area contributed by atoms with Crippen molar-refractivity contribution in [1.82, 2.24) is 0 Å². The van der Waals surface area contributed by atoms with Crippen LogP contribution in [0, 0.1) is 0 Å². The number of hydrogen-bond acceptors (Lipinski definition) is 2. The van der Waals surface area contributed by atoms with E-state index >= 15 is 0 Å². The zero-order valence-corrected chi connectivity index (χ0v) is 23.3. The number of carboxylic acid groups (broad SMARTS) is 1. The van der Waals surface area contributed by atoms with Gasteiger partial charge in [0.25, 0.3) is 0 Å². The van der Waals surface area contributed by atoms with E-state index in [0.29, 0.717) is 0 Å². The first-order valence-electron chi connectivity index (χ1n) is 15.1. The van der Waals surface area contributed by atoms with Crippen molar-refractivity contribution in [2.45, 2.75) is 187 Å². The number of carboxylic acids is 1. The van der Waals surface area contributed by atoms with E-state index in [9.17, 15) is 9.90 Å². The molecule has 3 heteroatoms. The molecule has 0 aromatic rings. The second-order valence-electron chi connectivity index (χ2n) is 10.3. The van der Waals surface area contributed by atoms with Crippen molar-refractivity contribution in [3.63, 3.8) is 0 Å². The summed E-state index contributed by atoms with van der Waals surface area (Å²) < 4.78 is 0. The monoisotopic (exact) mass is 469 g/mol. The van der Waals surface area contributed by atoms with Crippen molar-refractivity contribution in [3.05, 3.63) is 0 Å². The average molecular weight is 470 g/mol. The summed E-state index contributed by atoms with van der Waals surface area (Å²) in [5, 5.41) is 9.65. The number of rotatable bonds is 25. The molecule has 0 radical (unpaired) electrons. The highest BCUT2D eigenvalue weighted by Gasteiger charge is 2.05. The first-order valence-corrected chi connectivity index (χ1v) is 15.1. The van der Waals surface area contributed by atoms with Crippen LogP contribution in [-0.4, -0.2) is 12.0 Å². The van der Waals surface area contributed by atoms with Crippen LogP contribution in [0.4, 0.5) is 0 Å². The van der Waals surface area contributed by atoms with E-state index in [0.717, 1.165) is 18.9 Å². The number of aliphatic carboxylic acids is 1. The molecule has 0 aromatic heterocycles. The van der Waals surface area contributed by atoms with Gasteiger partial charge in [-0.05, 0) is 38.5 Å². The van der Waals surface area contributed by atoms with Gasteiger partial charge in [0, 0.05) is 5.97 Å². The Balaban J connectivity index is 0. The number of hydrogen-bond donors (Lipinski definition) is 1. The Morgan fingerprint density at radius 1 is 0.515 bits per heavy atom. The Kier molecular flexibility index (Phi) is 33.0. The lowest BCUT2D eigenvalue weighted by atomic mass is 10.00. The molecule has 3 nitrogen and oxygen atoms in total. The van der Waals surface area contributed by atoms with Crippen LogP contribution in [0.2, 0.25) is 0 Å². The SMILES string of the molecule is CCCCC(=O)[O-].CCCCCCCCCCCCC([NH3+])CCCCCCCCCCCC. The maximum Gasteiger partial charge on any atom is 0.0843 e. The lowest BCUT2D eigenvalue weighted by Gasteiger charge is -2.08. The number of carbonyl (C=O) groups excluding carboxylic acids is 1. The fourth-order valence-electron chi connectivity index (χ4n) is 4.31. The van der Waals surface area contributed by atoms with Crippen LogP contribution in [-0.2, 0) is 4.79 Å². The molecule has 0 fully saturated rings. The molecule has 0 saturated carbocycles. The largest absolute Gasteiger partial charge is 0.550 e. The summed E-state index contributed by atoms with van der Waals surface area (Å²) in [6.07, 6.45) is 33.5.